The zero-order chi connectivity index (χ0) is 13.2. The van der Waals surface area contributed by atoms with E-state index in [2.05, 4.69) is 0 Å². The molecular weight excluding hydrogens is 258 g/mol. The minimum Gasteiger partial charge on any atom is -0.472 e. The second-order valence-corrected chi connectivity index (χ2v) is 5.75. The first-order valence-electron chi connectivity index (χ1n) is 5.21. The molecule has 0 amide bonds. The van der Waals surface area contributed by atoms with Crippen LogP contribution in [0.5, 0.6) is 0 Å². The van der Waals surface area contributed by atoms with Crippen molar-refractivity contribution in [1.29, 1.82) is 0 Å². The minimum atomic E-state index is -3.69. The van der Waals surface area contributed by atoms with Crippen molar-refractivity contribution in [3.63, 3.8) is 0 Å². The molecule has 0 atom stereocenters. The van der Waals surface area contributed by atoms with Crippen molar-refractivity contribution >= 4 is 10.0 Å². The number of hydrogen-bond acceptors (Lipinski definition) is 5. The lowest BCUT2D eigenvalue weighted by Crippen LogP contribution is -2.25. The highest BCUT2D eigenvalue weighted by atomic mass is 32.2. The van der Waals surface area contributed by atoms with E-state index in [1.165, 1.54) is 31.7 Å². The van der Waals surface area contributed by atoms with E-state index >= 15 is 0 Å². The van der Waals surface area contributed by atoms with Gasteiger partial charge in [-0.15, -0.1) is 0 Å². The molecule has 98 valence electrons. The van der Waals surface area contributed by atoms with Crippen LogP contribution in [-0.4, -0.2) is 24.9 Å². The van der Waals surface area contributed by atoms with Crippen LogP contribution in [0.25, 0.3) is 0 Å². The predicted octanol–water partition coefficient (Wildman–Crippen LogP) is 1.19. The maximum atomic E-state index is 12.1. The molecule has 0 aliphatic rings. The molecule has 0 saturated carbocycles. The number of sulfonamides is 1. The Morgan fingerprint density at radius 2 is 2.11 bits per heavy atom. The summed E-state index contributed by atoms with van der Waals surface area (Å²) in [5, 5.41) is 8.67. The molecule has 0 fully saturated rings. The monoisotopic (exact) mass is 271 g/mol. The molecule has 6 nitrogen and oxygen atoms in total. The van der Waals surface area contributed by atoms with Gasteiger partial charge in [0.25, 0.3) is 10.0 Å². The van der Waals surface area contributed by atoms with Crippen molar-refractivity contribution in [1.82, 2.24) is 4.31 Å². The van der Waals surface area contributed by atoms with Crippen molar-refractivity contribution in [2.24, 2.45) is 0 Å². The predicted molar refractivity (Wildman–Crippen MR) is 62.0 cm³/mol. The lowest BCUT2D eigenvalue weighted by molar-refractivity contribution is 0.235. The molecule has 2 heterocycles. The van der Waals surface area contributed by atoms with Crippen molar-refractivity contribution in [2.45, 2.75) is 18.2 Å². The van der Waals surface area contributed by atoms with Gasteiger partial charge >= 0.3 is 0 Å². The van der Waals surface area contributed by atoms with Gasteiger partial charge in [-0.05, 0) is 18.2 Å². The van der Waals surface area contributed by atoms with Crippen LogP contribution in [0.1, 0.15) is 11.3 Å². The van der Waals surface area contributed by atoms with Gasteiger partial charge in [-0.25, -0.2) is 8.42 Å². The van der Waals surface area contributed by atoms with Crippen molar-refractivity contribution in [3.05, 3.63) is 42.0 Å². The van der Waals surface area contributed by atoms with E-state index in [1.54, 1.807) is 6.07 Å². The van der Waals surface area contributed by atoms with Gasteiger partial charge in [-0.2, -0.15) is 4.31 Å². The zero-order valence-electron chi connectivity index (χ0n) is 9.74. The number of nitrogens with zero attached hydrogens (tertiary/aromatic N) is 1. The Morgan fingerprint density at radius 1 is 1.33 bits per heavy atom. The fraction of sp³-hybridized carbons (Fsp3) is 0.273. The van der Waals surface area contributed by atoms with Gasteiger partial charge in [0.1, 0.15) is 12.4 Å². The third-order valence-electron chi connectivity index (χ3n) is 2.44. The molecule has 2 rings (SSSR count). The summed E-state index contributed by atoms with van der Waals surface area (Å²) in [4.78, 5) is 0. The Balaban J connectivity index is 2.19. The molecule has 18 heavy (non-hydrogen) atoms. The summed E-state index contributed by atoms with van der Waals surface area (Å²) in [5.74, 6) is 0.213. The highest BCUT2D eigenvalue weighted by Crippen LogP contribution is 2.19. The average Bonchev–Trinajstić information content (AvgIpc) is 2.99. The Kier molecular flexibility index (Phi) is 3.55. The van der Waals surface area contributed by atoms with E-state index in [9.17, 15) is 8.42 Å². The first kappa shape index (κ1) is 12.9. The normalized spacial score (nSPS) is 12.2. The molecular formula is C11H13NO5S. The lowest BCUT2D eigenvalue weighted by Gasteiger charge is -2.14. The molecule has 0 saturated heterocycles. The molecule has 1 N–H and O–H groups in total. The zero-order valence-corrected chi connectivity index (χ0v) is 10.6. The van der Waals surface area contributed by atoms with Crippen LogP contribution in [0.2, 0.25) is 0 Å². The van der Waals surface area contributed by atoms with Gasteiger partial charge < -0.3 is 13.9 Å². The SMILES string of the molecule is CN(Cc1ccoc1)S(=O)(=O)c1ccc(CO)o1. The number of aliphatic hydroxyl groups is 1. The standard InChI is InChI=1S/C11H13NO5S/c1-12(6-9-4-5-16-8-9)18(14,15)11-3-2-10(7-13)17-11/h2-5,8,13H,6-7H2,1H3. The maximum Gasteiger partial charge on any atom is 0.276 e. The fourth-order valence-corrected chi connectivity index (χ4v) is 2.54. The van der Waals surface area contributed by atoms with E-state index in [-0.39, 0.29) is 24.0 Å². The van der Waals surface area contributed by atoms with Crippen molar-refractivity contribution < 1.29 is 22.4 Å². The van der Waals surface area contributed by atoms with Crippen LogP contribution in [0.3, 0.4) is 0 Å². The number of hydrogen-bond donors (Lipinski definition) is 1. The van der Waals surface area contributed by atoms with E-state index < -0.39 is 10.0 Å². The summed E-state index contributed by atoms with van der Waals surface area (Å²) in [7, 11) is -2.24. The van der Waals surface area contributed by atoms with Crippen LogP contribution in [0.4, 0.5) is 0 Å². The summed E-state index contributed by atoms with van der Waals surface area (Å²) in [6.07, 6.45) is 2.96. The first-order chi connectivity index (χ1) is 8.54. The van der Waals surface area contributed by atoms with Gasteiger partial charge in [-0.1, -0.05) is 0 Å². The van der Waals surface area contributed by atoms with Crippen molar-refractivity contribution in [2.75, 3.05) is 7.05 Å². The van der Waals surface area contributed by atoms with Gasteiger partial charge in [-0.3, -0.25) is 0 Å². The molecule has 2 aromatic heterocycles. The summed E-state index contributed by atoms with van der Waals surface area (Å²) in [6, 6.07) is 4.44. The van der Waals surface area contributed by atoms with Crippen LogP contribution in [0.15, 0.2) is 44.7 Å². The number of furan rings is 2. The van der Waals surface area contributed by atoms with Gasteiger partial charge in [0.15, 0.2) is 0 Å². The Bertz CT molecular complexity index is 599. The lowest BCUT2D eigenvalue weighted by atomic mass is 10.3. The molecule has 0 aliphatic carbocycles. The molecule has 7 heteroatoms. The number of aliphatic hydroxyl groups excluding tert-OH is 1. The highest BCUT2D eigenvalue weighted by Gasteiger charge is 2.24. The highest BCUT2D eigenvalue weighted by molar-refractivity contribution is 7.88. The third-order valence-corrected chi connectivity index (χ3v) is 4.12. The Hall–Kier alpha value is -1.57. The van der Waals surface area contributed by atoms with E-state index in [0.717, 1.165) is 9.87 Å². The summed E-state index contributed by atoms with van der Waals surface area (Å²) < 4.78 is 35.3. The quantitative estimate of drug-likeness (QED) is 0.883. The smallest absolute Gasteiger partial charge is 0.276 e. The largest absolute Gasteiger partial charge is 0.472 e. The second-order valence-electron chi connectivity index (χ2n) is 3.77. The molecule has 2 aromatic rings. The van der Waals surface area contributed by atoms with Gasteiger partial charge in [0.2, 0.25) is 5.09 Å². The fourth-order valence-electron chi connectivity index (χ4n) is 1.46. The third kappa shape index (κ3) is 2.47. The summed E-state index contributed by atoms with van der Waals surface area (Å²) >= 11 is 0. The van der Waals surface area contributed by atoms with Crippen LogP contribution < -0.4 is 0 Å². The van der Waals surface area contributed by atoms with Gasteiger partial charge in [0.05, 0.1) is 12.5 Å². The van der Waals surface area contributed by atoms with E-state index in [0.29, 0.717) is 0 Å². The summed E-state index contributed by atoms with van der Waals surface area (Å²) in [6.45, 7) is -0.144. The summed E-state index contributed by atoms with van der Waals surface area (Å²) in [5.41, 5.74) is 0.745. The van der Waals surface area contributed by atoms with E-state index in [4.69, 9.17) is 13.9 Å². The average molecular weight is 271 g/mol. The van der Waals surface area contributed by atoms with Gasteiger partial charge in [0, 0.05) is 19.2 Å². The molecule has 0 aliphatic heterocycles. The van der Waals surface area contributed by atoms with Crippen LogP contribution >= 0.6 is 0 Å². The molecule has 0 unspecified atom stereocenters. The van der Waals surface area contributed by atoms with Crippen molar-refractivity contribution in [3.8, 4) is 0 Å². The minimum absolute atomic E-state index is 0.183. The second kappa shape index (κ2) is 4.97. The molecule has 0 aromatic carbocycles. The van der Waals surface area contributed by atoms with Crippen LogP contribution in [-0.2, 0) is 23.2 Å². The molecule has 0 bridgehead atoms. The Morgan fingerprint density at radius 3 is 2.67 bits per heavy atom. The van der Waals surface area contributed by atoms with E-state index in [1.807, 2.05) is 0 Å². The topological polar surface area (TPSA) is 83.9 Å². The van der Waals surface area contributed by atoms with Crippen LogP contribution in [0, 0.1) is 0 Å². The first-order valence-corrected chi connectivity index (χ1v) is 6.65. The molecule has 0 spiro atoms. The maximum absolute atomic E-state index is 12.1. The molecule has 0 radical (unpaired) electrons. The Labute approximate surface area is 104 Å². The number of rotatable bonds is 5.